The van der Waals surface area contributed by atoms with Crippen molar-refractivity contribution in [1.29, 1.82) is 5.26 Å². The van der Waals surface area contributed by atoms with Crippen LogP contribution in [0.5, 0.6) is 0 Å². The Morgan fingerprint density at radius 1 is 1.48 bits per heavy atom. The summed E-state index contributed by atoms with van der Waals surface area (Å²) in [7, 11) is 0. The second kappa shape index (κ2) is 5.64. The molecule has 1 aromatic carbocycles. The van der Waals surface area contributed by atoms with E-state index in [-0.39, 0.29) is 12.3 Å². The number of carbonyl (C=O) groups is 1. The molecule has 0 spiro atoms. The second-order valence-corrected chi connectivity index (χ2v) is 5.04. The van der Waals surface area contributed by atoms with E-state index >= 15 is 0 Å². The van der Waals surface area contributed by atoms with Crippen LogP contribution < -0.4 is 4.90 Å². The summed E-state index contributed by atoms with van der Waals surface area (Å²) in [4.78, 5) is 12.4. The van der Waals surface area contributed by atoms with Gasteiger partial charge in [-0.15, -0.1) is 0 Å². The summed E-state index contributed by atoms with van der Waals surface area (Å²) in [5, 5.41) is 17.5. The van der Waals surface area contributed by atoms with E-state index in [0.29, 0.717) is 25.2 Å². The standard InChI is InChI=1S/C14H13F3N2O2/c15-14(16,17)12-6-11(2-1-10(12)7-18)19-4-3-9(8-19)5-13(20)21/h1-2,6,9H,3-5,8H2,(H,20,21). The molecule has 1 N–H and O–H groups in total. The van der Waals surface area contributed by atoms with Crippen molar-refractivity contribution in [2.75, 3.05) is 18.0 Å². The molecule has 112 valence electrons. The molecule has 4 nitrogen and oxygen atoms in total. The first-order valence-electron chi connectivity index (χ1n) is 6.39. The number of hydrogen-bond donors (Lipinski definition) is 1. The topological polar surface area (TPSA) is 64.3 Å². The fourth-order valence-electron chi connectivity index (χ4n) is 2.54. The zero-order chi connectivity index (χ0) is 15.6. The lowest BCUT2D eigenvalue weighted by Crippen LogP contribution is -2.21. The van der Waals surface area contributed by atoms with Crippen LogP contribution in [-0.4, -0.2) is 24.2 Å². The van der Waals surface area contributed by atoms with E-state index in [1.54, 1.807) is 4.90 Å². The van der Waals surface area contributed by atoms with Crippen LogP contribution in [0.3, 0.4) is 0 Å². The number of alkyl halides is 3. The lowest BCUT2D eigenvalue weighted by molar-refractivity contribution is -0.138. The number of nitrogens with zero attached hydrogens (tertiary/aromatic N) is 2. The summed E-state index contributed by atoms with van der Waals surface area (Å²) in [6.45, 7) is 0.927. The van der Waals surface area contributed by atoms with Crippen LogP contribution in [0.2, 0.25) is 0 Å². The molecule has 0 aromatic heterocycles. The van der Waals surface area contributed by atoms with Crippen LogP contribution in [-0.2, 0) is 11.0 Å². The molecule has 0 amide bonds. The lowest BCUT2D eigenvalue weighted by atomic mass is 10.1. The van der Waals surface area contributed by atoms with Gasteiger partial charge in [0.05, 0.1) is 17.2 Å². The van der Waals surface area contributed by atoms with Crippen molar-refractivity contribution < 1.29 is 23.1 Å². The van der Waals surface area contributed by atoms with Crippen molar-refractivity contribution in [2.45, 2.75) is 19.0 Å². The SMILES string of the molecule is N#Cc1ccc(N2CCC(CC(=O)O)C2)cc1C(F)(F)F. The van der Waals surface area contributed by atoms with Crippen molar-refractivity contribution in [1.82, 2.24) is 0 Å². The molecule has 1 fully saturated rings. The Labute approximate surface area is 119 Å². The minimum absolute atomic E-state index is 0.0128. The lowest BCUT2D eigenvalue weighted by Gasteiger charge is -2.20. The van der Waals surface area contributed by atoms with Crippen LogP contribution in [0.1, 0.15) is 24.0 Å². The minimum Gasteiger partial charge on any atom is -0.481 e. The van der Waals surface area contributed by atoms with Gasteiger partial charge in [-0.2, -0.15) is 18.4 Å². The number of nitriles is 1. The molecule has 7 heteroatoms. The van der Waals surface area contributed by atoms with E-state index in [2.05, 4.69) is 0 Å². The second-order valence-electron chi connectivity index (χ2n) is 5.04. The molecule has 1 aromatic rings. The van der Waals surface area contributed by atoms with E-state index in [9.17, 15) is 18.0 Å². The summed E-state index contributed by atoms with van der Waals surface area (Å²) in [6, 6.07) is 5.12. The first kappa shape index (κ1) is 15.2. The van der Waals surface area contributed by atoms with Crippen molar-refractivity contribution in [2.24, 2.45) is 5.92 Å². The fraction of sp³-hybridized carbons (Fsp3) is 0.429. The smallest absolute Gasteiger partial charge is 0.417 e. The molecule has 1 heterocycles. The zero-order valence-electron chi connectivity index (χ0n) is 11.0. The van der Waals surface area contributed by atoms with Crippen LogP contribution in [0.4, 0.5) is 18.9 Å². The molecule has 0 bridgehead atoms. The number of rotatable bonds is 3. The molecular formula is C14H13F3N2O2. The van der Waals surface area contributed by atoms with Crippen molar-refractivity contribution >= 4 is 11.7 Å². The monoisotopic (exact) mass is 298 g/mol. The Morgan fingerprint density at radius 3 is 2.76 bits per heavy atom. The van der Waals surface area contributed by atoms with Crippen LogP contribution in [0.25, 0.3) is 0 Å². The maximum atomic E-state index is 12.9. The maximum absolute atomic E-state index is 12.9. The molecule has 1 saturated heterocycles. The van der Waals surface area contributed by atoms with E-state index in [4.69, 9.17) is 10.4 Å². The summed E-state index contributed by atoms with van der Waals surface area (Å²) < 4.78 is 38.7. The largest absolute Gasteiger partial charge is 0.481 e. The third kappa shape index (κ3) is 3.45. The number of hydrogen-bond acceptors (Lipinski definition) is 3. The van der Waals surface area contributed by atoms with Crippen LogP contribution >= 0.6 is 0 Å². The molecule has 0 radical (unpaired) electrons. The quantitative estimate of drug-likeness (QED) is 0.932. The number of carboxylic acids is 1. The summed E-state index contributed by atoms with van der Waals surface area (Å²) in [6.07, 6.45) is -3.94. The summed E-state index contributed by atoms with van der Waals surface area (Å²) >= 11 is 0. The predicted molar refractivity (Wildman–Crippen MR) is 68.7 cm³/mol. The van der Waals surface area contributed by atoms with Gasteiger partial charge >= 0.3 is 12.1 Å². The molecule has 0 aliphatic carbocycles. The molecule has 1 atom stereocenters. The Morgan fingerprint density at radius 2 is 2.19 bits per heavy atom. The Bertz CT molecular complexity index is 593. The van der Waals surface area contributed by atoms with E-state index < -0.39 is 23.3 Å². The zero-order valence-corrected chi connectivity index (χ0v) is 11.0. The molecule has 21 heavy (non-hydrogen) atoms. The van der Waals surface area contributed by atoms with Gasteiger partial charge in [0.15, 0.2) is 0 Å². The normalized spacial score (nSPS) is 18.6. The predicted octanol–water partition coefficient (Wildman–Crippen LogP) is 2.88. The molecule has 1 unspecified atom stereocenters. The number of halogens is 3. The third-order valence-electron chi connectivity index (χ3n) is 3.54. The van der Waals surface area contributed by atoms with E-state index in [1.165, 1.54) is 12.1 Å². The average Bonchev–Trinajstić information content (AvgIpc) is 2.84. The highest BCUT2D eigenvalue weighted by molar-refractivity contribution is 5.67. The fourth-order valence-corrected chi connectivity index (χ4v) is 2.54. The number of aliphatic carboxylic acids is 1. The Balaban J connectivity index is 2.23. The highest BCUT2D eigenvalue weighted by Gasteiger charge is 2.35. The average molecular weight is 298 g/mol. The van der Waals surface area contributed by atoms with Gasteiger partial charge in [0.25, 0.3) is 0 Å². The van der Waals surface area contributed by atoms with Gasteiger partial charge in [-0.3, -0.25) is 4.79 Å². The number of benzene rings is 1. The minimum atomic E-state index is -4.58. The van der Waals surface area contributed by atoms with E-state index in [1.807, 2.05) is 0 Å². The highest BCUT2D eigenvalue weighted by atomic mass is 19.4. The van der Waals surface area contributed by atoms with Crippen molar-refractivity contribution in [3.05, 3.63) is 29.3 Å². The third-order valence-corrected chi connectivity index (χ3v) is 3.54. The molecule has 1 aliphatic rings. The first-order valence-corrected chi connectivity index (χ1v) is 6.39. The van der Waals surface area contributed by atoms with Crippen molar-refractivity contribution in [3.8, 4) is 6.07 Å². The van der Waals surface area contributed by atoms with Gasteiger partial charge in [-0.25, -0.2) is 0 Å². The summed E-state index contributed by atoms with van der Waals surface area (Å²) in [5.74, 6) is -0.967. The van der Waals surface area contributed by atoms with Crippen molar-refractivity contribution in [3.63, 3.8) is 0 Å². The van der Waals surface area contributed by atoms with Gasteiger partial charge in [0, 0.05) is 25.2 Å². The molecule has 2 rings (SSSR count). The van der Waals surface area contributed by atoms with Gasteiger partial charge in [-0.1, -0.05) is 0 Å². The number of anilines is 1. The first-order chi connectivity index (χ1) is 9.81. The van der Waals surface area contributed by atoms with Crippen LogP contribution in [0.15, 0.2) is 18.2 Å². The van der Waals surface area contributed by atoms with Crippen LogP contribution in [0, 0.1) is 17.2 Å². The maximum Gasteiger partial charge on any atom is 0.417 e. The van der Waals surface area contributed by atoms with Gasteiger partial charge < -0.3 is 10.0 Å². The molecular weight excluding hydrogens is 285 g/mol. The number of carboxylic acid groups (broad SMARTS) is 1. The Kier molecular flexibility index (Phi) is 4.07. The van der Waals surface area contributed by atoms with E-state index in [0.717, 1.165) is 12.1 Å². The Hall–Kier alpha value is -2.23. The van der Waals surface area contributed by atoms with Gasteiger partial charge in [-0.05, 0) is 30.5 Å². The molecule has 0 saturated carbocycles. The molecule has 1 aliphatic heterocycles. The highest BCUT2D eigenvalue weighted by Crippen LogP contribution is 2.35. The van der Waals surface area contributed by atoms with Gasteiger partial charge in [0.2, 0.25) is 0 Å². The van der Waals surface area contributed by atoms with Gasteiger partial charge in [0.1, 0.15) is 0 Å². The summed E-state index contributed by atoms with van der Waals surface area (Å²) in [5.41, 5.74) is -0.995.